The first-order valence-corrected chi connectivity index (χ1v) is 6.58. The van der Waals surface area contributed by atoms with Crippen molar-refractivity contribution in [1.29, 1.82) is 0 Å². The Kier molecular flexibility index (Phi) is 4.81. The number of hydrogen-bond acceptors (Lipinski definition) is 2. The summed E-state index contributed by atoms with van der Waals surface area (Å²) in [5.41, 5.74) is 4.31. The molecule has 0 unspecified atom stereocenters. The Morgan fingerprint density at radius 1 is 1.10 bits per heavy atom. The van der Waals surface area contributed by atoms with Crippen molar-refractivity contribution in [2.24, 2.45) is 0 Å². The molecular formula is C18H18O2. The molecule has 0 heterocycles. The van der Waals surface area contributed by atoms with E-state index >= 15 is 0 Å². The van der Waals surface area contributed by atoms with E-state index in [1.807, 2.05) is 37.3 Å². The molecule has 102 valence electrons. The van der Waals surface area contributed by atoms with Gasteiger partial charge in [0.25, 0.3) is 0 Å². The van der Waals surface area contributed by atoms with E-state index in [2.05, 4.69) is 30.9 Å². The molecule has 0 amide bonds. The lowest BCUT2D eigenvalue weighted by Crippen LogP contribution is -1.99. The van der Waals surface area contributed by atoms with Gasteiger partial charge < -0.3 is 9.84 Å². The molecule has 2 rings (SSSR count). The van der Waals surface area contributed by atoms with Crippen molar-refractivity contribution in [3.05, 3.63) is 64.7 Å². The standard InChI is InChI=1S/C18H18O2/c1-14-9-10-18(16(12-14)8-5-11-19)20-13-17-7-4-3-6-15(17)2/h3-4,6-7,9-10,12,19H,11,13H2,1-2H3. The first-order valence-electron chi connectivity index (χ1n) is 6.58. The quantitative estimate of drug-likeness (QED) is 0.864. The van der Waals surface area contributed by atoms with Crippen LogP contribution in [0.1, 0.15) is 22.3 Å². The fraction of sp³-hybridized carbons (Fsp3) is 0.222. The Morgan fingerprint density at radius 2 is 1.90 bits per heavy atom. The molecule has 0 aliphatic heterocycles. The summed E-state index contributed by atoms with van der Waals surface area (Å²) in [7, 11) is 0. The molecule has 0 fully saturated rings. The van der Waals surface area contributed by atoms with E-state index in [9.17, 15) is 0 Å². The highest BCUT2D eigenvalue weighted by molar-refractivity contribution is 5.48. The van der Waals surface area contributed by atoms with E-state index in [0.29, 0.717) is 6.61 Å². The lowest BCUT2D eigenvalue weighted by Gasteiger charge is -2.10. The Labute approximate surface area is 120 Å². The molecule has 0 atom stereocenters. The molecular weight excluding hydrogens is 248 g/mol. The summed E-state index contributed by atoms with van der Waals surface area (Å²) in [5.74, 6) is 6.35. The van der Waals surface area contributed by atoms with Gasteiger partial charge in [-0.15, -0.1) is 0 Å². The summed E-state index contributed by atoms with van der Waals surface area (Å²) in [4.78, 5) is 0. The fourth-order valence-electron chi connectivity index (χ4n) is 1.93. The topological polar surface area (TPSA) is 29.5 Å². The first kappa shape index (κ1) is 14.2. The maximum Gasteiger partial charge on any atom is 0.135 e. The number of aliphatic hydroxyl groups excluding tert-OH is 1. The molecule has 0 bridgehead atoms. The number of hydrogen-bond donors (Lipinski definition) is 1. The number of aliphatic hydroxyl groups is 1. The molecule has 0 spiro atoms. The van der Waals surface area contributed by atoms with Gasteiger partial charge in [-0.3, -0.25) is 0 Å². The van der Waals surface area contributed by atoms with Crippen molar-refractivity contribution >= 4 is 0 Å². The van der Waals surface area contributed by atoms with Crippen molar-refractivity contribution in [2.75, 3.05) is 6.61 Å². The predicted octanol–water partition coefficient (Wildman–Crippen LogP) is 3.23. The first-order chi connectivity index (χ1) is 9.70. The highest BCUT2D eigenvalue weighted by Crippen LogP contribution is 2.21. The molecule has 0 saturated carbocycles. The third-order valence-corrected chi connectivity index (χ3v) is 3.08. The van der Waals surface area contributed by atoms with Crippen LogP contribution in [-0.2, 0) is 6.61 Å². The van der Waals surface area contributed by atoms with Crippen LogP contribution in [0.15, 0.2) is 42.5 Å². The van der Waals surface area contributed by atoms with Crippen molar-refractivity contribution < 1.29 is 9.84 Å². The third-order valence-electron chi connectivity index (χ3n) is 3.08. The van der Waals surface area contributed by atoms with Crippen LogP contribution >= 0.6 is 0 Å². The summed E-state index contributed by atoms with van der Waals surface area (Å²) in [6, 6.07) is 14.0. The maximum atomic E-state index is 8.82. The van der Waals surface area contributed by atoms with Gasteiger partial charge in [-0.1, -0.05) is 42.2 Å². The van der Waals surface area contributed by atoms with E-state index in [4.69, 9.17) is 9.84 Å². The van der Waals surface area contributed by atoms with Crippen molar-refractivity contribution in [3.8, 4) is 17.6 Å². The fourth-order valence-corrected chi connectivity index (χ4v) is 1.93. The molecule has 0 radical (unpaired) electrons. The Morgan fingerprint density at radius 3 is 2.65 bits per heavy atom. The summed E-state index contributed by atoms with van der Waals surface area (Å²) in [5, 5.41) is 8.82. The molecule has 20 heavy (non-hydrogen) atoms. The Bertz CT molecular complexity index is 648. The van der Waals surface area contributed by atoms with Crippen LogP contribution in [0.2, 0.25) is 0 Å². The van der Waals surface area contributed by atoms with Crippen molar-refractivity contribution in [3.63, 3.8) is 0 Å². The second-order valence-electron chi connectivity index (χ2n) is 4.67. The van der Waals surface area contributed by atoms with Gasteiger partial charge in [-0.05, 0) is 42.7 Å². The van der Waals surface area contributed by atoms with Crippen LogP contribution < -0.4 is 4.74 Å². The summed E-state index contributed by atoms with van der Waals surface area (Å²) in [6.07, 6.45) is 0. The average Bonchev–Trinajstić information content (AvgIpc) is 2.45. The van der Waals surface area contributed by atoms with E-state index in [1.54, 1.807) is 0 Å². The van der Waals surface area contributed by atoms with Gasteiger partial charge in [0.1, 0.15) is 19.0 Å². The Balaban J connectivity index is 2.19. The van der Waals surface area contributed by atoms with Gasteiger partial charge in [0, 0.05) is 0 Å². The van der Waals surface area contributed by atoms with Gasteiger partial charge in [-0.2, -0.15) is 0 Å². The van der Waals surface area contributed by atoms with E-state index in [0.717, 1.165) is 22.4 Å². The number of rotatable bonds is 3. The minimum absolute atomic E-state index is 0.148. The van der Waals surface area contributed by atoms with Gasteiger partial charge >= 0.3 is 0 Å². The van der Waals surface area contributed by atoms with Crippen LogP contribution in [0.5, 0.6) is 5.75 Å². The molecule has 2 aromatic carbocycles. The van der Waals surface area contributed by atoms with Gasteiger partial charge in [0.2, 0.25) is 0 Å². The van der Waals surface area contributed by atoms with E-state index in [-0.39, 0.29) is 6.61 Å². The van der Waals surface area contributed by atoms with Gasteiger partial charge in [-0.25, -0.2) is 0 Å². The smallest absolute Gasteiger partial charge is 0.135 e. The lowest BCUT2D eigenvalue weighted by atomic mass is 10.1. The summed E-state index contributed by atoms with van der Waals surface area (Å²) >= 11 is 0. The van der Waals surface area contributed by atoms with Crippen LogP contribution in [0.4, 0.5) is 0 Å². The minimum atomic E-state index is -0.148. The van der Waals surface area contributed by atoms with Gasteiger partial charge in [0.05, 0.1) is 5.56 Å². The molecule has 2 nitrogen and oxygen atoms in total. The number of aryl methyl sites for hydroxylation is 2. The summed E-state index contributed by atoms with van der Waals surface area (Å²) < 4.78 is 5.87. The van der Waals surface area contributed by atoms with Crippen LogP contribution in [-0.4, -0.2) is 11.7 Å². The second-order valence-corrected chi connectivity index (χ2v) is 4.67. The molecule has 1 N–H and O–H groups in total. The van der Waals surface area contributed by atoms with E-state index < -0.39 is 0 Å². The zero-order valence-corrected chi connectivity index (χ0v) is 11.8. The maximum absolute atomic E-state index is 8.82. The highest BCUT2D eigenvalue weighted by atomic mass is 16.5. The van der Waals surface area contributed by atoms with E-state index in [1.165, 1.54) is 5.56 Å². The Hall–Kier alpha value is -2.24. The summed E-state index contributed by atoms with van der Waals surface area (Å²) in [6.45, 7) is 4.45. The number of ether oxygens (including phenoxy) is 1. The predicted molar refractivity (Wildman–Crippen MR) is 80.7 cm³/mol. The van der Waals surface area contributed by atoms with Crippen molar-refractivity contribution in [1.82, 2.24) is 0 Å². The van der Waals surface area contributed by atoms with Crippen LogP contribution in [0.3, 0.4) is 0 Å². The zero-order chi connectivity index (χ0) is 14.4. The monoisotopic (exact) mass is 266 g/mol. The molecule has 0 aliphatic carbocycles. The highest BCUT2D eigenvalue weighted by Gasteiger charge is 2.03. The van der Waals surface area contributed by atoms with Crippen LogP contribution in [0.25, 0.3) is 0 Å². The lowest BCUT2D eigenvalue weighted by molar-refractivity contribution is 0.304. The number of benzene rings is 2. The third kappa shape index (κ3) is 3.63. The molecule has 0 saturated heterocycles. The second kappa shape index (κ2) is 6.79. The van der Waals surface area contributed by atoms with Gasteiger partial charge in [0.15, 0.2) is 0 Å². The van der Waals surface area contributed by atoms with Crippen LogP contribution in [0, 0.1) is 25.7 Å². The molecule has 2 heteroatoms. The normalized spacial score (nSPS) is 9.75. The van der Waals surface area contributed by atoms with Crippen molar-refractivity contribution in [2.45, 2.75) is 20.5 Å². The zero-order valence-electron chi connectivity index (χ0n) is 11.8. The minimum Gasteiger partial charge on any atom is -0.488 e. The average molecular weight is 266 g/mol. The largest absolute Gasteiger partial charge is 0.488 e. The SMILES string of the molecule is Cc1ccc(OCc2ccccc2C)c(C#CCO)c1. The molecule has 2 aromatic rings. The molecule has 0 aliphatic rings. The molecule has 0 aromatic heterocycles.